The number of benzene rings is 2. The van der Waals surface area contributed by atoms with Crippen molar-refractivity contribution in [1.29, 1.82) is 0 Å². The number of carbonyl (C=O) groups excluding carboxylic acids is 2. The molecule has 2 heterocycles. The molecule has 1 aliphatic heterocycles. The summed E-state index contributed by atoms with van der Waals surface area (Å²) in [4.78, 5) is 26.8. The average molecular weight is 513 g/mol. The molecule has 2 aromatic carbocycles. The van der Waals surface area contributed by atoms with Crippen LogP contribution in [0.3, 0.4) is 0 Å². The predicted molar refractivity (Wildman–Crippen MR) is 127 cm³/mol. The van der Waals surface area contributed by atoms with Gasteiger partial charge in [0.2, 0.25) is 0 Å². The minimum Gasteiger partial charge on any atom is -0.493 e. The number of esters is 1. The number of halogens is 1. The first-order chi connectivity index (χ1) is 15.5. The molecule has 6 nitrogen and oxygen atoms in total. The van der Waals surface area contributed by atoms with Crippen LogP contribution in [0.2, 0.25) is 0 Å². The lowest BCUT2D eigenvalue weighted by molar-refractivity contribution is 0.0728. The summed E-state index contributed by atoms with van der Waals surface area (Å²) in [6, 6.07) is 12.4. The van der Waals surface area contributed by atoms with Crippen molar-refractivity contribution in [2.24, 2.45) is 0 Å². The van der Waals surface area contributed by atoms with Crippen LogP contribution < -0.4 is 20.1 Å². The largest absolute Gasteiger partial charge is 0.493 e. The standard InChI is InChI=1S/C24H21BrN2O4S/c1-30-18-12-13(10-11-17(18)31-24(29)14-6-2-4-8-16(14)25)21-26-22(28)20-15-7-3-5-9-19(15)32-23(20)27-21/h2,4,6,8,10-12,21,27H,3,5,7,9H2,1H3,(H,26,28). The Bertz CT molecular complexity index is 1220. The minimum absolute atomic E-state index is 0.0495. The zero-order valence-corrected chi connectivity index (χ0v) is 19.8. The third-order valence-electron chi connectivity index (χ3n) is 5.77. The summed E-state index contributed by atoms with van der Waals surface area (Å²) in [5.41, 5.74) is 3.24. The lowest BCUT2D eigenvalue weighted by Gasteiger charge is -2.27. The van der Waals surface area contributed by atoms with E-state index in [2.05, 4.69) is 26.6 Å². The van der Waals surface area contributed by atoms with Crippen LogP contribution in [0.25, 0.3) is 0 Å². The maximum absolute atomic E-state index is 12.9. The molecule has 32 heavy (non-hydrogen) atoms. The summed E-state index contributed by atoms with van der Waals surface area (Å²) in [5.74, 6) is 0.189. The van der Waals surface area contributed by atoms with E-state index in [1.807, 2.05) is 12.1 Å². The molecule has 0 spiro atoms. The molecule has 1 amide bonds. The van der Waals surface area contributed by atoms with Crippen molar-refractivity contribution in [2.75, 3.05) is 12.4 Å². The number of hydrogen-bond acceptors (Lipinski definition) is 6. The van der Waals surface area contributed by atoms with E-state index >= 15 is 0 Å². The van der Waals surface area contributed by atoms with Crippen LogP contribution in [0.5, 0.6) is 11.5 Å². The predicted octanol–water partition coefficient (Wildman–Crippen LogP) is 5.47. The molecule has 2 aliphatic rings. The second kappa shape index (κ2) is 8.60. The van der Waals surface area contributed by atoms with E-state index in [0.29, 0.717) is 21.5 Å². The molecule has 3 aromatic rings. The highest BCUT2D eigenvalue weighted by molar-refractivity contribution is 9.10. The minimum atomic E-state index is -0.485. The highest BCUT2D eigenvalue weighted by Crippen LogP contribution is 2.42. The van der Waals surface area contributed by atoms with Crippen molar-refractivity contribution >= 4 is 44.1 Å². The van der Waals surface area contributed by atoms with Gasteiger partial charge in [-0.2, -0.15) is 0 Å². The van der Waals surface area contributed by atoms with Gasteiger partial charge in [-0.25, -0.2) is 4.79 Å². The normalized spacial score (nSPS) is 16.9. The third-order valence-corrected chi connectivity index (χ3v) is 7.68. The summed E-state index contributed by atoms with van der Waals surface area (Å²) in [5, 5.41) is 7.44. The number of methoxy groups -OCH3 is 1. The van der Waals surface area contributed by atoms with Crippen molar-refractivity contribution in [3.8, 4) is 11.5 Å². The van der Waals surface area contributed by atoms with Crippen molar-refractivity contribution < 1.29 is 19.1 Å². The van der Waals surface area contributed by atoms with E-state index in [1.165, 1.54) is 24.0 Å². The Balaban J connectivity index is 1.39. The fourth-order valence-electron chi connectivity index (χ4n) is 4.17. The van der Waals surface area contributed by atoms with Gasteiger partial charge in [0.15, 0.2) is 11.5 Å². The van der Waals surface area contributed by atoms with Crippen LogP contribution in [0.1, 0.15) is 55.7 Å². The fraction of sp³-hybridized carbons (Fsp3) is 0.250. The SMILES string of the molecule is COc1cc(C2NC(=O)c3c(sc4c3CCCC4)N2)ccc1OC(=O)c1ccccc1Br. The first kappa shape index (κ1) is 21.0. The summed E-state index contributed by atoms with van der Waals surface area (Å²) in [7, 11) is 1.52. The van der Waals surface area contributed by atoms with Crippen LogP contribution >= 0.6 is 27.3 Å². The van der Waals surface area contributed by atoms with Gasteiger partial charge in [-0.15, -0.1) is 11.3 Å². The number of amides is 1. The fourth-order valence-corrected chi connectivity index (χ4v) is 5.94. The van der Waals surface area contributed by atoms with E-state index in [9.17, 15) is 9.59 Å². The smallest absolute Gasteiger partial charge is 0.344 e. The van der Waals surface area contributed by atoms with Crippen LogP contribution in [0.4, 0.5) is 5.00 Å². The second-order valence-corrected chi connectivity index (χ2v) is 9.71. The van der Waals surface area contributed by atoms with E-state index in [0.717, 1.165) is 35.4 Å². The molecule has 1 aliphatic carbocycles. The quantitative estimate of drug-likeness (QED) is 0.358. The number of nitrogens with one attached hydrogen (secondary N) is 2. The topological polar surface area (TPSA) is 76.7 Å². The Kier molecular flexibility index (Phi) is 5.65. The van der Waals surface area contributed by atoms with Crippen LogP contribution in [-0.4, -0.2) is 19.0 Å². The molecular formula is C24H21BrN2O4S. The molecule has 1 unspecified atom stereocenters. The second-order valence-electron chi connectivity index (χ2n) is 7.75. The highest BCUT2D eigenvalue weighted by atomic mass is 79.9. The Morgan fingerprint density at radius 2 is 1.91 bits per heavy atom. The van der Waals surface area contributed by atoms with Crippen LogP contribution in [0.15, 0.2) is 46.9 Å². The summed E-state index contributed by atoms with van der Waals surface area (Å²) in [6.07, 6.45) is 3.92. The van der Waals surface area contributed by atoms with E-state index in [4.69, 9.17) is 9.47 Å². The third kappa shape index (κ3) is 3.78. The van der Waals surface area contributed by atoms with Gasteiger partial charge in [0.1, 0.15) is 11.2 Å². The molecular weight excluding hydrogens is 492 g/mol. The van der Waals surface area contributed by atoms with Gasteiger partial charge in [-0.1, -0.05) is 18.2 Å². The van der Waals surface area contributed by atoms with Gasteiger partial charge >= 0.3 is 5.97 Å². The maximum Gasteiger partial charge on any atom is 0.344 e. The Morgan fingerprint density at radius 3 is 2.72 bits per heavy atom. The van der Waals surface area contributed by atoms with Crippen molar-refractivity contribution in [3.63, 3.8) is 0 Å². The molecule has 0 fully saturated rings. The molecule has 0 saturated heterocycles. The number of anilines is 1. The van der Waals surface area contributed by atoms with Gasteiger partial charge in [0.05, 0.1) is 18.2 Å². The number of hydrogen-bond donors (Lipinski definition) is 2. The van der Waals surface area contributed by atoms with Gasteiger partial charge in [-0.05, 0) is 77.0 Å². The number of carbonyl (C=O) groups is 2. The Hall–Kier alpha value is -2.84. The van der Waals surface area contributed by atoms with Crippen LogP contribution in [0, 0.1) is 0 Å². The number of ether oxygens (including phenoxy) is 2. The zero-order chi connectivity index (χ0) is 22.2. The highest BCUT2D eigenvalue weighted by Gasteiger charge is 2.32. The summed E-state index contributed by atoms with van der Waals surface area (Å²) in [6.45, 7) is 0. The summed E-state index contributed by atoms with van der Waals surface area (Å²) >= 11 is 5.05. The first-order valence-corrected chi connectivity index (χ1v) is 12.0. The van der Waals surface area contributed by atoms with Gasteiger partial charge in [0.25, 0.3) is 5.91 Å². The molecule has 5 rings (SSSR count). The lowest BCUT2D eigenvalue weighted by atomic mass is 9.94. The van der Waals surface area contributed by atoms with Crippen molar-refractivity contribution in [2.45, 2.75) is 31.8 Å². The monoisotopic (exact) mass is 512 g/mol. The lowest BCUT2D eigenvalue weighted by Crippen LogP contribution is -2.38. The Morgan fingerprint density at radius 1 is 1.09 bits per heavy atom. The Labute approximate surface area is 198 Å². The average Bonchev–Trinajstić information content (AvgIpc) is 3.18. The first-order valence-electron chi connectivity index (χ1n) is 10.4. The number of rotatable bonds is 4. The maximum atomic E-state index is 12.9. The molecule has 8 heteroatoms. The van der Waals surface area contributed by atoms with Gasteiger partial charge in [-0.3, -0.25) is 4.79 Å². The molecule has 1 atom stereocenters. The van der Waals surface area contributed by atoms with Crippen molar-refractivity contribution in [1.82, 2.24) is 5.32 Å². The number of fused-ring (bicyclic) bond motifs is 3. The van der Waals surface area contributed by atoms with Gasteiger partial charge in [0, 0.05) is 9.35 Å². The van der Waals surface area contributed by atoms with Gasteiger partial charge < -0.3 is 20.1 Å². The van der Waals surface area contributed by atoms with E-state index in [-0.39, 0.29) is 5.91 Å². The van der Waals surface area contributed by atoms with Crippen LogP contribution in [-0.2, 0) is 12.8 Å². The van der Waals surface area contributed by atoms with E-state index < -0.39 is 12.1 Å². The summed E-state index contributed by atoms with van der Waals surface area (Å²) < 4.78 is 11.7. The molecule has 0 radical (unpaired) electrons. The zero-order valence-electron chi connectivity index (χ0n) is 17.4. The van der Waals surface area contributed by atoms with E-state index in [1.54, 1.807) is 41.7 Å². The van der Waals surface area contributed by atoms with Crippen molar-refractivity contribution in [3.05, 3.63) is 74.1 Å². The number of thiophene rings is 1. The molecule has 0 bridgehead atoms. The molecule has 164 valence electrons. The molecule has 2 N–H and O–H groups in total. The molecule has 0 saturated carbocycles. The number of aryl methyl sites for hydroxylation is 1. The molecule has 1 aromatic heterocycles.